The Morgan fingerprint density at radius 3 is 2.76 bits per heavy atom. The highest BCUT2D eigenvalue weighted by Gasteiger charge is 2.30. The van der Waals surface area contributed by atoms with Gasteiger partial charge in [0.2, 0.25) is 0 Å². The molecule has 2 rings (SSSR count). The summed E-state index contributed by atoms with van der Waals surface area (Å²) < 4.78 is 39.5. The molecule has 7 heteroatoms. The van der Waals surface area contributed by atoms with Crippen molar-refractivity contribution in [1.82, 2.24) is 14.8 Å². The predicted octanol–water partition coefficient (Wildman–Crippen LogP) is 3.13. The minimum absolute atomic E-state index is 0.0240. The molecule has 1 aromatic heterocycles. The number of carbonyl (C=O) groups excluding carboxylic acids is 1. The third-order valence-corrected chi connectivity index (χ3v) is 2.96. The number of hydrogen-bond acceptors (Lipinski definition) is 3. The molecule has 1 aromatic carbocycles. The molecule has 21 heavy (non-hydrogen) atoms. The lowest BCUT2D eigenvalue weighted by molar-refractivity contribution is -0.137. The van der Waals surface area contributed by atoms with Crippen LogP contribution in [0.25, 0.3) is 0 Å². The van der Waals surface area contributed by atoms with Crippen molar-refractivity contribution in [1.29, 1.82) is 0 Å². The van der Waals surface area contributed by atoms with Gasteiger partial charge in [-0.2, -0.15) is 18.3 Å². The number of benzene rings is 1. The second kappa shape index (κ2) is 6.07. The molecule has 0 bridgehead atoms. The van der Waals surface area contributed by atoms with Gasteiger partial charge >= 0.3 is 6.18 Å². The summed E-state index contributed by atoms with van der Waals surface area (Å²) >= 11 is 0. The van der Waals surface area contributed by atoms with E-state index in [-0.39, 0.29) is 12.0 Å². The number of alkyl halides is 3. The van der Waals surface area contributed by atoms with Crippen LogP contribution in [0.4, 0.5) is 13.2 Å². The molecule has 0 spiro atoms. The monoisotopic (exact) mass is 297 g/mol. The van der Waals surface area contributed by atoms with Gasteiger partial charge in [-0.3, -0.25) is 4.79 Å². The van der Waals surface area contributed by atoms with Crippen LogP contribution in [-0.4, -0.2) is 20.5 Å². The van der Waals surface area contributed by atoms with E-state index in [1.165, 1.54) is 18.5 Å². The Balaban J connectivity index is 2.19. The summed E-state index contributed by atoms with van der Waals surface area (Å²) in [6.45, 7) is 2.57. The maximum absolute atomic E-state index is 12.6. The number of rotatable bonds is 5. The molecule has 4 nitrogen and oxygen atoms in total. The Bertz CT molecular complexity index is 634. The van der Waals surface area contributed by atoms with Crippen molar-refractivity contribution in [3.63, 3.8) is 0 Å². The second-order valence-corrected chi connectivity index (χ2v) is 4.58. The topological polar surface area (TPSA) is 47.8 Å². The summed E-state index contributed by atoms with van der Waals surface area (Å²) in [5.41, 5.74) is -0.806. The van der Waals surface area contributed by atoms with E-state index in [0.29, 0.717) is 12.4 Å². The Kier molecular flexibility index (Phi) is 4.40. The van der Waals surface area contributed by atoms with Crippen molar-refractivity contribution in [2.24, 2.45) is 0 Å². The Hall–Kier alpha value is -2.18. The molecule has 0 radical (unpaired) electrons. The second-order valence-electron chi connectivity index (χ2n) is 4.58. The molecule has 0 amide bonds. The Morgan fingerprint density at radius 2 is 2.10 bits per heavy atom. The fourth-order valence-corrected chi connectivity index (χ4v) is 1.94. The lowest BCUT2D eigenvalue weighted by atomic mass is 10.0. The molecule has 0 aliphatic rings. The fraction of sp³-hybridized carbons (Fsp3) is 0.357. The summed E-state index contributed by atoms with van der Waals surface area (Å²) in [4.78, 5) is 16.1. The number of hydrogen-bond donors (Lipinski definition) is 0. The quantitative estimate of drug-likeness (QED) is 0.797. The van der Waals surface area contributed by atoms with Crippen LogP contribution in [0.2, 0.25) is 0 Å². The molecule has 0 saturated heterocycles. The van der Waals surface area contributed by atoms with E-state index in [9.17, 15) is 18.0 Å². The fourth-order valence-electron chi connectivity index (χ4n) is 1.94. The van der Waals surface area contributed by atoms with Gasteiger partial charge in [-0.1, -0.05) is 19.1 Å². The van der Waals surface area contributed by atoms with Gasteiger partial charge in [0.1, 0.15) is 12.2 Å². The van der Waals surface area contributed by atoms with Crippen LogP contribution >= 0.6 is 0 Å². The first-order valence-electron chi connectivity index (χ1n) is 6.49. The van der Waals surface area contributed by atoms with E-state index in [4.69, 9.17) is 0 Å². The predicted molar refractivity (Wildman–Crippen MR) is 69.8 cm³/mol. The standard InChI is InChI=1S/C14H14F3N3O/c1-2-6-20-13(18-9-19-20)8-12(21)10-4-3-5-11(7-10)14(15,16)17/h3-5,7,9H,2,6,8H2,1H3. The number of Topliss-reactive ketones (excluding diaryl/α,β-unsaturated/α-hetero) is 1. The summed E-state index contributed by atoms with van der Waals surface area (Å²) in [5, 5.41) is 3.98. The van der Waals surface area contributed by atoms with Gasteiger partial charge in [-0.05, 0) is 18.6 Å². The van der Waals surface area contributed by atoms with Crippen molar-refractivity contribution in [2.45, 2.75) is 32.5 Å². The van der Waals surface area contributed by atoms with Crippen LogP contribution in [0.15, 0.2) is 30.6 Å². The van der Waals surface area contributed by atoms with Gasteiger partial charge in [0.05, 0.1) is 12.0 Å². The van der Waals surface area contributed by atoms with Gasteiger partial charge in [0.25, 0.3) is 0 Å². The number of ketones is 1. The number of aryl methyl sites for hydroxylation is 1. The van der Waals surface area contributed by atoms with Crippen molar-refractivity contribution >= 4 is 5.78 Å². The highest BCUT2D eigenvalue weighted by molar-refractivity contribution is 5.97. The van der Waals surface area contributed by atoms with E-state index in [1.54, 1.807) is 4.68 Å². The van der Waals surface area contributed by atoms with Crippen LogP contribution in [0.1, 0.15) is 35.1 Å². The van der Waals surface area contributed by atoms with Crippen molar-refractivity contribution < 1.29 is 18.0 Å². The molecule has 112 valence electrons. The van der Waals surface area contributed by atoms with Crippen LogP contribution < -0.4 is 0 Å². The molecule has 0 saturated carbocycles. The molecule has 0 N–H and O–H groups in total. The van der Waals surface area contributed by atoms with Gasteiger partial charge < -0.3 is 0 Å². The van der Waals surface area contributed by atoms with Crippen LogP contribution in [0, 0.1) is 0 Å². The third kappa shape index (κ3) is 3.68. The van der Waals surface area contributed by atoms with Crippen molar-refractivity contribution in [2.75, 3.05) is 0 Å². The number of nitrogens with zero attached hydrogens (tertiary/aromatic N) is 3. The largest absolute Gasteiger partial charge is 0.416 e. The first-order valence-corrected chi connectivity index (χ1v) is 6.49. The van der Waals surface area contributed by atoms with Gasteiger partial charge in [-0.25, -0.2) is 9.67 Å². The molecule has 0 atom stereocenters. The molecule has 0 aliphatic heterocycles. The first kappa shape index (κ1) is 15.2. The molecule has 0 fully saturated rings. The van der Waals surface area contributed by atoms with Gasteiger partial charge in [0, 0.05) is 12.1 Å². The van der Waals surface area contributed by atoms with Crippen LogP contribution in [0.3, 0.4) is 0 Å². The van der Waals surface area contributed by atoms with E-state index < -0.39 is 17.5 Å². The Labute approximate surface area is 119 Å². The maximum Gasteiger partial charge on any atom is 0.416 e. The van der Waals surface area contributed by atoms with Gasteiger partial charge in [-0.15, -0.1) is 0 Å². The van der Waals surface area contributed by atoms with E-state index >= 15 is 0 Å². The molecular formula is C14H14F3N3O. The lowest BCUT2D eigenvalue weighted by Gasteiger charge is -2.08. The van der Waals surface area contributed by atoms with E-state index in [1.807, 2.05) is 6.92 Å². The lowest BCUT2D eigenvalue weighted by Crippen LogP contribution is -2.13. The molecular weight excluding hydrogens is 283 g/mol. The number of carbonyl (C=O) groups is 1. The average Bonchev–Trinajstić information content (AvgIpc) is 2.86. The molecule has 0 unspecified atom stereocenters. The summed E-state index contributed by atoms with van der Waals surface area (Å²) in [5.74, 6) is 0.0470. The number of aromatic nitrogens is 3. The summed E-state index contributed by atoms with van der Waals surface area (Å²) in [6.07, 6.45) is -2.36. The first-order chi connectivity index (χ1) is 9.91. The smallest absolute Gasteiger partial charge is 0.294 e. The number of halogens is 3. The van der Waals surface area contributed by atoms with Crippen LogP contribution in [-0.2, 0) is 19.1 Å². The molecule has 2 aromatic rings. The highest BCUT2D eigenvalue weighted by atomic mass is 19.4. The summed E-state index contributed by atoms with van der Waals surface area (Å²) in [6, 6.07) is 4.41. The van der Waals surface area contributed by atoms with Gasteiger partial charge in [0.15, 0.2) is 5.78 Å². The maximum atomic E-state index is 12.6. The minimum Gasteiger partial charge on any atom is -0.294 e. The zero-order chi connectivity index (χ0) is 15.5. The Morgan fingerprint density at radius 1 is 1.33 bits per heavy atom. The van der Waals surface area contributed by atoms with Crippen molar-refractivity contribution in [3.8, 4) is 0 Å². The van der Waals surface area contributed by atoms with Crippen LogP contribution in [0.5, 0.6) is 0 Å². The SMILES string of the molecule is CCCn1ncnc1CC(=O)c1cccc(C(F)(F)F)c1. The molecule has 0 aliphatic carbocycles. The normalized spacial score (nSPS) is 11.6. The third-order valence-electron chi connectivity index (χ3n) is 2.96. The van der Waals surface area contributed by atoms with Crippen molar-refractivity contribution in [3.05, 3.63) is 47.5 Å². The molecule has 1 heterocycles. The highest BCUT2D eigenvalue weighted by Crippen LogP contribution is 2.29. The zero-order valence-corrected chi connectivity index (χ0v) is 11.4. The van der Waals surface area contributed by atoms with E-state index in [0.717, 1.165) is 18.6 Å². The summed E-state index contributed by atoms with van der Waals surface area (Å²) in [7, 11) is 0. The van der Waals surface area contributed by atoms with E-state index in [2.05, 4.69) is 10.1 Å². The minimum atomic E-state index is -4.46. The average molecular weight is 297 g/mol. The zero-order valence-electron chi connectivity index (χ0n) is 11.4.